The van der Waals surface area contributed by atoms with Gasteiger partial charge in [-0.1, -0.05) is 6.92 Å². The molecule has 3 nitrogen and oxygen atoms in total. The molecule has 0 atom stereocenters. The first-order valence-electron chi connectivity index (χ1n) is 5.54. The standard InChI is InChI=1S/C10H22F2N2O/c1-2-4-13-6-7-14-5-3-8-15-9-10(11)12/h10,13-14H,2-9H2,1H3. The summed E-state index contributed by atoms with van der Waals surface area (Å²) >= 11 is 0. The molecule has 0 unspecified atom stereocenters. The van der Waals surface area contributed by atoms with Gasteiger partial charge in [-0.05, 0) is 25.9 Å². The number of ether oxygens (including phenoxy) is 1. The molecule has 0 aromatic heterocycles. The van der Waals surface area contributed by atoms with E-state index in [9.17, 15) is 8.78 Å². The molecule has 0 aliphatic rings. The topological polar surface area (TPSA) is 33.3 Å². The molecule has 0 saturated heterocycles. The number of hydrogen-bond acceptors (Lipinski definition) is 3. The van der Waals surface area contributed by atoms with Crippen molar-refractivity contribution in [3.05, 3.63) is 0 Å². The predicted octanol–water partition coefficient (Wildman–Crippen LogP) is 1.25. The van der Waals surface area contributed by atoms with E-state index in [-0.39, 0.29) is 0 Å². The molecule has 0 aromatic carbocycles. The fourth-order valence-corrected chi connectivity index (χ4v) is 1.08. The average Bonchev–Trinajstić information content (AvgIpc) is 2.20. The summed E-state index contributed by atoms with van der Waals surface area (Å²) in [6.07, 6.45) is -0.432. The predicted molar refractivity (Wildman–Crippen MR) is 57.5 cm³/mol. The smallest absolute Gasteiger partial charge is 0.261 e. The minimum absolute atomic E-state index is 0.403. The Balaban J connectivity index is 2.87. The molecule has 0 fully saturated rings. The van der Waals surface area contributed by atoms with Crippen molar-refractivity contribution in [2.45, 2.75) is 26.2 Å². The Morgan fingerprint density at radius 1 is 1.07 bits per heavy atom. The second kappa shape index (κ2) is 11.8. The molecule has 5 heteroatoms. The van der Waals surface area contributed by atoms with Crippen LogP contribution in [-0.2, 0) is 4.74 Å². The van der Waals surface area contributed by atoms with Gasteiger partial charge in [-0.3, -0.25) is 0 Å². The summed E-state index contributed by atoms with van der Waals surface area (Å²) in [4.78, 5) is 0. The molecular weight excluding hydrogens is 202 g/mol. The Hall–Kier alpha value is -0.260. The van der Waals surface area contributed by atoms with E-state index in [1.54, 1.807) is 0 Å². The molecule has 0 radical (unpaired) electrons. The van der Waals surface area contributed by atoms with Crippen molar-refractivity contribution in [1.82, 2.24) is 10.6 Å². The Morgan fingerprint density at radius 3 is 2.33 bits per heavy atom. The van der Waals surface area contributed by atoms with E-state index >= 15 is 0 Å². The van der Waals surface area contributed by atoms with Crippen molar-refractivity contribution in [1.29, 1.82) is 0 Å². The SMILES string of the molecule is CCCNCCNCCCOCC(F)F. The lowest BCUT2D eigenvalue weighted by Crippen LogP contribution is -2.28. The Bertz CT molecular complexity index is 126. The normalized spacial score (nSPS) is 11.2. The number of rotatable bonds is 11. The highest BCUT2D eigenvalue weighted by Gasteiger charge is 2.00. The van der Waals surface area contributed by atoms with Crippen molar-refractivity contribution in [3.8, 4) is 0 Å². The highest BCUT2D eigenvalue weighted by Crippen LogP contribution is 1.92. The van der Waals surface area contributed by atoms with Crippen LogP contribution in [0.25, 0.3) is 0 Å². The minimum Gasteiger partial charge on any atom is -0.375 e. The molecule has 15 heavy (non-hydrogen) atoms. The summed E-state index contributed by atoms with van der Waals surface area (Å²) < 4.78 is 28.0. The molecule has 92 valence electrons. The van der Waals surface area contributed by atoms with Crippen molar-refractivity contribution in [2.75, 3.05) is 39.4 Å². The third-order valence-corrected chi connectivity index (χ3v) is 1.79. The molecule has 0 rings (SSSR count). The molecule has 0 aliphatic heterocycles. The molecule has 0 aromatic rings. The van der Waals surface area contributed by atoms with E-state index in [0.29, 0.717) is 6.61 Å². The summed E-state index contributed by atoms with van der Waals surface area (Å²) in [6.45, 7) is 5.80. The van der Waals surface area contributed by atoms with Crippen LogP contribution in [-0.4, -0.2) is 45.8 Å². The summed E-state index contributed by atoms with van der Waals surface area (Å²) in [5, 5.41) is 6.46. The van der Waals surface area contributed by atoms with Crippen LogP contribution in [0.3, 0.4) is 0 Å². The number of hydrogen-bond donors (Lipinski definition) is 2. The monoisotopic (exact) mass is 224 g/mol. The van der Waals surface area contributed by atoms with Gasteiger partial charge in [0.1, 0.15) is 6.61 Å². The van der Waals surface area contributed by atoms with Gasteiger partial charge in [0.25, 0.3) is 6.43 Å². The number of nitrogens with one attached hydrogen (secondary N) is 2. The third-order valence-electron chi connectivity index (χ3n) is 1.79. The van der Waals surface area contributed by atoms with Crippen molar-refractivity contribution < 1.29 is 13.5 Å². The quantitative estimate of drug-likeness (QED) is 0.518. The second-order valence-electron chi connectivity index (χ2n) is 3.32. The zero-order valence-corrected chi connectivity index (χ0v) is 9.40. The van der Waals surface area contributed by atoms with Crippen LogP contribution in [0.1, 0.15) is 19.8 Å². The Morgan fingerprint density at radius 2 is 1.73 bits per heavy atom. The zero-order valence-electron chi connectivity index (χ0n) is 9.40. The van der Waals surface area contributed by atoms with Gasteiger partial charge in [-0.15, -0.1) is 0 Å². The van der Waals surface area contributed by atoms with Crippen LogP contribution in [0.2, 0.25) is 0 Å². The molecule has 0 saturated carbocycles. The van der Waals surface area contributed by atoms with Crippen LogP contribution in [0.5, 0.6) is 0 Å². The first-order chi connectivity index (χ1) is 7.27. The molecule has 0 bridgehead atoms. The van der Waals surface area contributed by atoms with Gasteiger partial charge in [0, 0.05) is 19.7 Å². The summed E-state index contributed by atoms with van der Waals surface area (Å²) in [7, 11) is 0. The average molecular weight is 224 g/mol. The molecule has 0 spiro atoms. The first-order valence-corrected chi connectivity index (χ1v) is 5.54. The first kappa shape index (κ1) is 14.7. The fourth-order valence-electron chi connectivity index (χ4n) is 1.08. The largest absolute Gasteiger partial charge is 0.375 e. The fraction of sp³-hybridized carbons (Fsp3) is 1.00. The lowest BCUT2D eigenvalue weighted by molar-refractivity contribution is 0.0168. The Labute approximate surface area is 90.6 Å². The molecule has 0 amide bonds. The van der Waals surface area contributed by atoms with Gasteiger partial charge < -0.3 is 15.4 Å². The third kappa shape index (κ3) is 13.7. The van der Waals surface area contributed by atoms with Crippen molar-refractivity contribution in [2.24, 2.45) is 0 Å². The zero-order chi connectivity index (χ0) is 11.4. The lowest BCUT2D eigenvalue weighted by Gasteiger charge is -2.06. The van der Waals surface area contributed by atoms with Gasteiger partial charge in [0.2, 0.25) is 0 Å². The molecule has 0 heterocycles. The highest BCUT2D eigenvalue weighted by atomic mass is 19.3. The summed E-state index contributed by atoms with van der Waals surface area (Å²) in [6, 6.07) is 0. The number of alkyl halides is 2. The van der Waals surface area contributed by atoms with Crippen LogP contribution in [0.15, 0.2) is 0 Å². The summed E-state index contributed by atoms with van der Waals surface area (Å²) in [5.41, 5.74) is 0. The van der Waals surface area contributed by atoms with Gasteiger partial charge in [0.15, 0.2) is 0 Å². The second-order valence-corrected chi connectivity index (χ2v) is 3.32. The lowest BCUT2D eigenvalue weighted by atomic mass is 10.4. The van der Waals surface area contributed by atoms with E-state index in [1.807, 2.05) is 0 Å². The highest BCUT2D eigenvalue weighted by molar-refractivity contribution is 4.51. The molecule has 2 N–H and O–H groups in total. The minimum atomic E-state index is -2.35. The maximum absolute atomic E-state index is 11.6. The maximum Gasteiger partial charge on any atom is 0.261 e. The van der Waals surface area contributed by atoms with E-state index in [1.165, 1.54) is 0 Å². The van der Waals surface area contributed by atoms with Crippen LogP contribution in [0, 0.1) is 0 Å². The van der Waals surface area contributed by atoms with E-state index in [2.05, 4.69) is 17.6 Å². The van der Waals surface area contributed by atoms with Crippen LogP contribution < -0.4 is 10.6 Å². The van der Waals surface area contributed by atoms with E-state index in [4.69, 9.17) is 4.74 Å². The van der Waals surface area contributed by atoms with Crippen LogP contribution in [0.4, 0.5) is 8.78 Å². The van der Waals surface area contributed by atoms with Crippen molar-refractivity contribution in [3.63, 3.8) is 0 Å². The summed E-state index contributed by atoms with van der Waals surface area (Å²) in [5.74, 6) is 0. The molecular formula is C10H22F2N2O. The number of halogens is 2. The van der Waals surface area contributed by atoms with E-state index < -0.39 is 13.0 Å². The molecule has 0 aliphatic carbocycles. The van der Waals surface area contributed by atoms with Crippen LogP contribution >= 0.6 is 0 Å². The van der Waals surface area contributed by atoms with Crippen molar-refractivity contribution >= 4 is 0 Å². The van der Waals surface area contributed by atoms with Gasteiger partial charge in [0.05, 0.1) is 0 Å². The van der Waals surface area contributed by atoms with Gasteiger partial charge in [-0.2, -0.15) is 0 Å². The van der Waals surface area contributed by atoms with Gasteiger partial charge in [-0.25, -0.2) is 8.78 Å². The van der Waals surface area contributed by atoms with E-state index in [0.717, 1.165) is 39.0 Å². The maximum atomic E-state index is 11.6. The Kier molecular flexibility index (Phi) is 11.6. The van der Waals surface area contributed by atoms with Gasteiger partial charge >= 0.3 is 0 Å².